The number of nitrogens with two attached hydrogens (primary N) is 1. The zero-order chi connectivity index (χ0) is 13.8. The van der Waals surface area contributed by atoms with E-state index < -0.39 is 0 Å². The van der Waals surface area contributed by atoms with Gasteiger partial charge in [-0.15, -0.1) is 0 Å². The van der Waals surface area contributed by atoms with Gasteiger partial charge in [0.05, 0.1) is 0 Å². The Labute approximate surface area is 118 Å². The zero-order valence-electron chi connectivity index (χ0n) is 12.9. The van der Waals surface area contributed by atoms with E-state index in [0.29, 0.717) is 12.0 Å². The first-order valence-corrected chi connectivity index (χ1v) is 8.84. The molecule has 2 N–H and O–H groups in total. The first-order chi connectivity index (χ1) is 8.53. The molecule has 0 radical (unpaired) electrons. The Bertz CT molecular complexity index is 247. The van der Waals surface area contributed by atoms with Crippen molar-refractivity contribution in [1.82, 2.24) is 4.90 Å². The van der Waals surface area contributed by atoms with Crippen LogP contribution in [0.25, 0.3) is 0 Å². The third kappa shape index (κ3) is 3.05. The summed E-state index contributed by atoms with van der Waals surface area (Å²) in [6.07, 6.45) is 7.41. The van der Waals surface area contributed by atoms with Crippen molar-refractivity contribution in [3.8, 4) is 0 Å². The molecule has 0 aromatic carbocycles. The van der Waals surface area contributed by atoms with E-state index >= 15 is 0 Å². The Morgan fingerprint density at radius 1 is 1.44 bits per heavy atom. The van der Waals surface area contributed by atoms with Crippen molar-refractivity contribution in [2.45, 2.75) is 58.0 Å². The van der Waals surface area contributed by atoms with E-state index in [-0.39, 0.29) is 5.54 Å². The molecule has 1 rings (SSSR count). The minimum Gasteiger partial charge on any atom is -0.329 e. The monoisotopic (exact) mass is 272 g/mol. The summed E-state index contributed by atoms with van der Waals surface area (Å²) >= 11 is 1.96. The molecule has 4 unspecified atom stereocenters. The summed E-state index contributed by atoms with van der Waals surface area (Å²) in [6, 6.07) is 0.663. The predicted octanol–water partition coefficient (Wildman–Crippen LogP) is 3.21. The Kier molecular flexibility index (Phi) is 6.49. The van der Waals surface area contributed by atoms with Crippen LogP contribution in [-0.2, 0) is 0 Å². The second-order valence-electron chi connectivity index (χ2n) is 6.09. The molecular weight excluding hydrogens is 240 g/mol. The Morgan fingerprint density at radius 2 is 2.11 bits per heavy atom. The summed E-state index contributed by atoms with van der Waals surface area (Å²) in [6.45, 7) is 7.93. The first-order valence-electron chi connectivity index (χ1n) is 7.45. The fraction of sp³-hybridized carbons (Fsp3) is 1.00. The van der Waals surface area contributed by atoms with Crippen LogP contribution in [-0.4, -0.2) is 42.1 Å². The molecule has 18 heavy (non-hydrogen) atoms. The summed E-state index contributed by atoms with van der Waals surface area (Å²) < 4.78 is 0. The van der Waals surface area contributed by atoms with Gasteiger partial charge in [-0.05, 0) is 38.0 Å². The molecule has 3 heteroatoms. The lowest BCUT2D eigenvalue weighted by Gasteiger charge is -2.53. The van der Waals surface area contributed by atoms with Crippen LogP contribution in [0.15, 0.2) is 0 Å². The van der Waals surface area contributed by atoms with Crippen LogP contribution in [0.5, 0.6) is 0 Å². The molecule has 1 saturated carbocycles. The van der Waals surface area contributed by atoms with Crippen molar-refractivity contribution in [1.29, 1.82) is 0 Å². The zero-order valence-corrected chi connectivity index (χ0v) is 13.7. The van der Waals surface area contributed by atoms with E-state index in [9.17, 15) is 0 Å². The van der Waals surface area contributed by atoms with Crippen molar-refractivity contribution < 1.29 is 0 Å². The highest BCUT2D eigenvalue weighted by Gasteiger charge is 2.45. The molecule has 1 fully saturated rings. The third-order valence-corrected chi connectivity index (χ3v) is 6.12. The SMILES string of the molecule is CCC(CSC)N(C)C1(CN)CCCC(C)C1C. The molecule has 0 amide bonds. The Hall–Kier alpha value is 0.270. The van der Waals surface area contributed by atoms with Gasteiger partial charge >= 0.3 is 0 Å². The van der Waals surface area contributed by atoms with Gasteiger partial charge in [0.25, 0.3) is 0 Å². The van der Waals surface area contributed by atoms with Gasteiger partial charge in [0.1, 0.15) is 0 Å². The topological polar surface area (TPSA) is 29.3 Å². The van der Waals surface area contributed by atoms with Crippen molar-refractivity contribution in [3.63, 3.8) is 0 Å². The maximum absolute atomic E-state index is 6.23. The molecule has 0 spiro atoms. The van der Waals surface area contributed by atoms with Crippen LogP contribution in [0.4, 0.5) is 0 Å². The number of likely N-dealkylation sites (N-methyl/N-ethyl adjacent to an activating group) is 1. The van der Waals surface area contributed by atoms with Crippen LogP contribution in [0.3, 0.4) is 0 Å². The van der Waals surface area contributed by atoms with Gasteiger partial charge in [0.15, 0.2) is 0 Å². The lowest BCUT2D eigenvalue weighted by molar-refractivity contribution is -0.0154. The largest absolute Gasteiger partial charge is 0.329 e. The van der Waals surface area contributed by atoms with Gasteiger partial charge < -0.3 is 5.73 Å². The molecule has 0 aromatic heterocycles. The lowest BCUT2D eigenvalue weighted by Crippen LogP contribution is -2.62. The van der Waals surface area contributed by atoms with Gasteiger partial charge in [0.2, 0.25) is 0 Å². The maximum Gasteiger partial charge on any atom is 0.0359 e. The number of hydrogen-bond acceptors (Lipinski definition) is 3. The van der Waals surface area contributed by atoms with Crippen LogP contribution >= 0.6 is 11.8 Å². The molecule has 1 aliphatic rings. The lowest BCUT2D eigenvalue weighted by atomic mass is 9.67. The van der Waals surface area contributed by atoms with Gasteiger partial charge in [-0.3, -0.25) is 4.90 Å². The quantitative estimate of drug-likeness (QED) is 0.805. The van der Waals surface area contributed by atoms with Crippen LogP contribution in [0, 0.1) is 11.8 Å². The van der Waals surface area contributed by atoms with Gasteiger partial charge in [0, 0.05) is 23.9 Å². The summed E-state index contributed by atoms with van der Waals surface area (Å²) in [5, 5.41) is 0. The smallest absolute Gasteiger partial charge is 0.0359 e. The molecule has 0 bridgehead atoms. The van der Waals surface area contributed by atoms with Crippen molar-refractivity contribution >= 4 is 11.8 Å². The highest BCUT2D eigenvalue weighted by atomic mass is 32.2. The van der Waals surface area contributed by atoms with E-state index in [2.05, 4.69) is 39.0 Å². The summed E-state index contributed by atoms with van der Waals surface area (Å²) in [7, 11) is 2.31. The fourth-order valence-electron chi connectivity index (χ4n) is 3.73. The van der Waals surface area contributed by atoms with Crippen LogP contribution in [0.1, 0.15) is 46.5 Å². The van der Waals surface area contributed by atoms with E-state index in [4.69, 9.17) is 5.73 Å². The minimum absolute atomic E-state index is 0.230. The maximum atomic E-state index is 6.23. The van der Waals surface area contributed by atoms with Crippen LogP contribution in [0.2, 0.25) is 0 Å². The van der Waals surface area contributed by atoms with E-state index in [1.54, 1.807) is 0 Å². The number of nitrogens with zero attached hydrogens (tertiary/aromatic N) is 1. The predicted molar refractivity (Wildman–Crippen MR) is 84.2 cm³/mol. The summed E-state index contributed by atoms with van der Waals surface area (Å²) in [5.41, 5.74) is 6.46. The van der Waals surface area contributed by atoms with Gasteiger partial charge in [-0.2, -0.15) is 11.8 Å². The number of thioether (sulfide) groups is 1. The second kappa shape index (κ2) is 7.16. The second-order valence-corrected chi connectivity index (χ2v) is 7.00. The number of rotatable bonds is 6. The molecule has 1 aliphatic carbocycles. The Balaban J connectivity index is 2.90. The van der Waals surface area contributed by atoms with Crippen molar-refractivity contribution in [3.05, 3.63) is 0 Å². The standard InChI is InChI=1S/C15H32N2S/c1-6-14(10-18-5)17(4)15(11-16)9-7-8-12(2)13(15)3/h12-14H,6-11,16H2,1-5H3. The van der Waals surface area contributed by atoms with E-state index in [0.717, 1.165) is 12.5 Å². The highest BCUT2D eigenvalue weighted by molar-refractivity contribution is 7.98. The van der Waals surface area contributed by atoms with E-state index in [1.165, 1.54) is 31.4 Å². The molecule has 2 nitrogen and oxygen atoms in total. The Morgan fingerprint density at radius 3 is 2.61 bits per heavy atom. The molecule has 0 aliphatic heterocycles. The third-order valence-electron chi connectivity index (χ3n) is 5.40. The molecular formula is C15H32N2S. The average molecular weight is 273 g/mol. The molecule has 0 aromatic rings. The molecule has 0 saturated heterocycles. The first kappa shape index (κ1) is 16.3. The molecule has 0 heterocycles. The van der Waals surface area contributed by atoms with Gasteiger partial charge in [-0.25, -0.2) is 0 Å². The van der Waals surface area contributed by atoms with Crippen molar-refractivity contribution in [2.24, 2.45) is 17.6 Å². The highest BCUT2D eigenvalue weighted by Crippen LogP contribution is 2.41. The summed E-state index contributed by atoms with van der Waals surface area (Å²) in [5.74, 6) is 2.73. The normalized spacial score (nSPS) is 34.8. The van der Waals surface area contributed by atoms with E-state index in [1.807, 2.05) is 11.8 Å². The molecule has 4 atom stereocenters. The molecule has 108 valence electrons. The summed E-state index contributed by atoms with van der Waals surface area (Å²) in [4.78, 5) is 2.63. The van der Waals surface area contributed by atoms with Crippen LogP contribution < -0.4 is 5.73 Å². The van der Waals surface area contributed by atoms with Gasteiger partial charge in [-0.1, -0.05) is 33.6 Å². The minimum atomic E-state index is 0.230. The average Bonchev–Trinajstić information content (AvgIpc) is 2.38. The fourth-order valence-corrected chi connectivity index (χ4v) is 4.57. The van der Waals surface area contributed by atoms with Crippen molar-refractivity contribution in [2.75, 3.05) is 25.6 Å². The number of hydrogen-bond donors (Lipinski definition) is 1.